The van der Waals surface area contributed by atoms with Gasteiger partial charge >= 0.3 is 0 Å². The predicted molar refractivity (Wildman–Crippen MR) is 73.6 cm³/mol. The summed E-state index contributed by atoms with van der Waals surface area (Å²) in [7, 11) is 0. The lowest BCUT2D eigenvalue weighted by molar-refractivity contribution is -0.124. The number of rotatable bonds is 5. The van der Waals surface area contributed by atoms with Gasteiger partial charge in [-0.05, 0) is 25.0 Å². The Hall–Kier alpha value is -2.60. The number of hydrogen-bond acceptors (Lipinski definition) is 4. The average Bonchev–Trinajstić information content (AvgIpc) is 2.44. The van der Waals surface area contributed by atoms with Crippen molar-refractivity contribution < 1.29 is 13.9 Å². The Morgan fingerprint density at radius 1 is 1.48 bits per heavy atom. The number of nitrogens with one attached hydrogen (secondary N) is 1. The Kier molecular flexibility index (Phi) is 5.26. The summed E-state index contributed by atoms with van der Waals surface area (Å²) in [6.07, 6.45) is 0. The molecular formula is C15H16FN3O2. The molecule has 1 rings (SSSR count). The summed E-state index contributed by atoms with van der Waals surface area (Å²) < 4.78 is 18.5. The normalized spacial score (nSPS) is 12.9. The maximum Gasteiger partial charge on any atom is 0.259 e. The molecule has 1 aromatic rings. The molecule has 0 unspecified atom stereocenters. The summed E-state index contributed by atoms with van der Waals surface area (Å²) in [4.78, 5) is 11.8. The monoisotopic (exact) mass is 289 g/mol. The molecule has 5 nitrogen and oxygen atoms in total. The minimum atomic E-state index is -0.990. The maximum atomic E-state index is 13.4. The van der Waals surface area contributed by atoms with Gasteiger partial charge in [0.05, 0.1) is 11.6 Å². The molecule has 6 heteroatoms. The third-order valence-corrected chi connectivity index (χ3v) is 3.22. The molecule has 1 N–H and O–H groups in total. The zero-order chi connectivity index (χ0) is 16.0. The van der Waals surface area contributed by atoms with Crippen LogP contribution in [0.25, 0.3) is 0 Å². The van der Waals surface area contributed by atoms with Crippen molar-refractivity contribution in [3.8, 4) is 17.9 Å². The fraction of sp³-hybridized carbons (Fsp3) is 0.400. The van der Waals surface area contributed by atoms with E-state index in [1.807, 2.05) is 19.9 Å². The second-order valence-corrected chi connectivity index (χ2v) is 5.06. The van der Waals surface area contributed by atoms with Crippen LogP contribution in [0, 0.1) is 34.4 Å². The number of carbonyl (C=O) groups excluding carboxylic acids is 1. The highest BCUT2D eigenvalue weighted by molar-refractivity contribution is 5.78. The molecule has 1 atom stereocenters. The number of halogens is 1. The van der Waals surface area contributed by atoms with Gasteiger partial charge in [0.15, 0.2) is 6.61 Å². The van der Waals surface area contributed by atoms with Crippen LogP contribution in [0.15, 0.2) is 18.2 Å². The summed E-state index contributed by atoms with van der Waals surface area (Å²) in [5, 5.41) is 20.3. The van der Waals surface area contributed by atoms with Crippen molar-refractivity contribution in [1.82, 2.24) is 5.32 Å². The number of benzene rings is 1. The van der Waals surface area contributed by atoms with Gasteiger partial charge in [0.2, 0.25) is 0 Å². The topological polar surface area (TPSA) is 85.9 Å². The lowest BCUT2D eigenvalue weighted by atomic mass is 9.90. The summed E-state index contributed by atoms with van der Waals surface area (Å²) >= 11 is 0. The van der Waals surface area contributed by atoms with E-state index in [0.29, 0.717) is 0 Å². The third kappa shape index (κ3) is 4.19. The molecule has 0 saturated heterocycles. The second kappa shape index (κ2) is 6.71. The van der Waals surface area contributed by atoms with Crippen LogP contribution in [-0.4, -0.2) is 18.1 Å². The Labute approximate surface area is 122 Å². The van der Waals surface area contributed by atoms with E-state index < -0.39 is 17.3 Å². The van der Waals surface area contributed by atoms with E-state index in [9.17, 15) is 9.18 Å². The van der Waals surface area contributed by atoms with E-state index in [4.69, 9.17) is 15.3 Å². The lowest BCUT2D eigenvalue weighted by Crippen LogP contribution is -2.50. The van der Waals surface area contributed by atoms with E-state index in [1.54, 1.807) is 13.0 Å². The van der Waals surface area contributed by atoms with E-state index in [1.165, 1.54) is 12.1 Å². The largest absolute Gasteiger partial charge is 0.484 e. The van der Waals surface area contributed by atoms with Crippen LogP contribution in [-0.2, 0) is 4.79 Å². The summed E-state index contributed by atoms with van der Waals surface area (Å²) in [6, 6.07) is 7.46. The van der Waals surface area contributed by atoms with Gasteiger partial charge in [-0.1, -0.05) is 13.8 Å². The average molecular weight is 289 g/mol. The van der Waals surface area contributed by atoms with Crippen LogP contribution in [0.2, 0.25) is 0 Å². The molecule has 21 heavy (non-hydrogen) atoms. The highest BCUT2D eigenvalue weighted by Crippen LogP contribution is 2.17. The van der Waals surface area contributed by atoms with E-state index in [0.717, 1.165) is 6.07 Å². The first-order chi connectivity index (χ1) is 9.82. The molecular weight excluding hydrogens is 273 g/mol. The molecule has 0 radical (unpaired) electrons. The molecule has 0 aliphatic carbocycles. The lowest BCUT2D eigenvalue weighted by Gasteiger charge is -2.27. The van der Waals surface area contributed by atoms with Gasteiger partial charge in [0.25, 0.3) is 5.91 Å². The SMILES string of the molecule is CC(C)[C@](C)(C#N)NC(=O)COc1ccc(C#N)c(F)c1. The first kappa shape index (κ1) is 16.5. The van der Waals surface area contributed by atoms with Crippen molar-refractivity contribution in [2.45, 2.75) is 26.3 Å². The van der Waals surface area contributed by atoms with Crippen molar-refractivity contribution in [3.05, 3.63) is 29.6 Å². The smallest absolute Gasteiger partial charge is 0.259 e. The predicted octanol–water partition coefficient (Wildman–Crippen LogP) is 2.13. The molecule has 110 valence electrons. The summed E-state index contributed by atoms with van der Waals surface area (Å²) in [5.41, 5.74) is -1.08. The van der Waals surface area contributed by atoms with Crippen LogP contribution in [0.4, 0.5) is 4.39 Å². The van der Waals surface area contributed by atoms with Gasteiger partial charge in [-0.15, -0.1) is 0 Å². The standard InChI is InChI=1S/C15H16FN3O2/c1-10(2)15(3,9-18)19-14(20)8-21-12-5-4-11(7-17)13(16)6-12/h4-6,10H,8H2,1-3H3,(H,19,20)/t15-/m0/s1. The molecule has 0 aliphatic heterocycles. The quantitative estimate of drug-likeness (QED) is 0.899. The molecule has 0 aromatic heterocycles. The number of nitriles is 2. The van der Waals surface area contributed by atoms with Crippen LogP contribution in [0.1, 0.15) is 26.3 Å². The van der Waals surface area contributed by atoms with Gasteiger partial charge in [0, 0.05) is 6.07 Å². The van der Waals surface area contributed by atoms with Crippen molar-refractivity contribution >= 4 is 5.91 Å². The first-order valence-electron chi connectivity index (χ1n) is 6.37. The fourth-order valence-electron chi connectivity index (χ4n) is 1.45. The van der Waals surface area contributed by atoms with Crippen LogP contribution >= 0.6 is 0 Å². The molecule has 0 fully saturated rings. The van der Waals surface area contributed by atoms with Crippen molar-refractivity contribution in [1.29, 1.82) is 10.5 Å². The molecule has 1 aromatic carbocycles. The Bertz CT molecular complexity index is 616. The van der Waals surface area contributed by atoms with Crippen molar-refractivity contribution in [2.24, 2.45) is 5.92 Å². The van der Waals surface area contributed by atoms with Crippen molar-refractivity contribution in [3.63, 3.8) is 0 Å². The van der Waals surface area contributed by atoms with Gasteiger partial charge in [-0.3, -0.25) is 4.79 Å². The van der Waals surface area contributed by atoms with E-state index in [2.05, 4.69) is 5.32 Å². The van der Waals surface area contributed by atoms with E-state index in [-0.39, 0.29) is 23.8 Å². The molecule has 0 bridgehead atoms. The Morgan fingerprint density at radius 2 is 2.14 bits per heavy atom. The first-order valence-corrected chi connectivity index (χ1v) is 6.37. The Morgan fingerprint density at radius 3 is 2.62 bits per heavy atom. The number of amides is 1. The molecule has 0 aliphatic rings. The molecule has 0 heterocycles. The number of nitrogens with zero attached hydrogens (tertiary/aromatic N) is 2. The summed E-state index contributed by atoms with van der Waals surface area (Å²) in [5.74, 6) is -1.11. The van der Waals surface area contributed by atoms with Gasteiger partial charge in [0.1, 0.15) is 23.2 Å². The second-order valence-electron chi connectivity index (χ2n) is 5.06. The minimum Gasteiger partial charge on any atom is -0.484 e. The molecule has 0 saturated carbocycles. The number of carbonyl (C=O) groups is 1. The minimum absolute atomic E-state index is 0.0705. The number of ether oxygens (including phenoxy) is 1. The fourth-order valence-corrected chi connectivity index (χ4v) is 1.45. The third-order valence-electron chi connectivity index (χ3n) is 3.22. The summed E-state index contributed by atoms with van der Waals surface area (Å²) in [6.45, 7) is 4.92. The van der Waals surface area contributed by atoms with Crippen LogP contribution in [0.3, 0.4) is 0 Å². The zero-order valence-electron chi connectivity index (χ0n) is 12.1. The van der Waals surface area contributed by atoms with Crippen molar-refractivity contribution in [2.75, 3.05) is 6.61 Å². The van der Waals surface area contributed by atoms with E-state index >= 15 is 0 Å². The molecule has 0 spiro atoms. The molecule has 1 amide bonds. The highest BCUT2D eigenvalue weighted by atomic mass is 19.1. The van der Waals surface area contributed by atoms with Gasteiger partial charge in [-0.2, -0.15) is 10.5 Å². The van der Waals surface area contributed by atoms with Crippen LogP contribution < -0.4 is 10.1 Å². The van der Waals surface area contributed by atoms with Gasteiger partial charge in [-0.25, -0.2) is 4.39 Å². The zero-order valence-corrected chi connectivity index (χ0v) is 12.1. The highest BCUT2D eigenvalue weighted by Gasteiger charge is 2.29. The van der Waals surface area contributed by atoms with Gasteiger partial charge < -0.3 is 10.1 Å². The Balaban J connectivity index is 2.64. The maximum absolute atomic E-state index is 13.4. The van der Waals surface area contributed by atoms with Crippen LogP contribution in [0.5, 0.6) is 5.75 Å². The number of hydrogen-bond donors (Lipinski definition) is 1.